The van der Waals surface area contributed by atoms with Gasteiger partial charge in [-0.25, -0.2) is 15.0 Å². The second kappa shape index (κ2) is 3.81. The van der Waals surface area contributed by atoms with E-state index >= 15 is 0 Å². The molecule has 0 aliphatic carbocycles. The first-order valence-electron chi connectivity index (χ1n) is 4.96. The smallest absolute Gasteiger partial charge is 0.220 e. The molecule has 5 nitrogen and oxygen atoms in total. The van der Waals surface area contributed by atoms with Gasteiger partial charge in [0.15, 0.2) is 0 Å². The number of fused-ring (bicyclic) bond motifs is 1. The Kier molecular flexibility index (Phi) is 2.29. The number of anilines is 1. The highest BCUT2D eigenvalue weighted by Gasteiger charge is 2.11. The molecule has 3 N–H and O–H groups in total. The minimum atomic E-state index is 0.261. The number of hydrogen-bond acceptors (Lipinski definition) is 4. The Labute approximate surface area is 105 Å². The fraction of sp³-hybridized carbons (Fsp3) is 0. The molecular weight excluding hydrogens is 282 g/mol. The van der Waals surface area contributed by atoms with Gasteiger partial charge in [0.2, 0.25) is 5.95 Å². The van der Waals surface area contributed by atoms with Crippen LogP contribution >= 0.6 is 15.9 Å². The van der Waals surface area contributed by atoms with E-state index in [1.165, 1.54) is 0 Å². The molecule has 17 heavy (non-hydrogen) atoms. The molecule has 0 spiro atoms. The molecule has 3 rings (SSSR count). The zero-order chi connectivity index (χ0) is 11.8. The van der Waals surface area contributed by atoms with Gasteiger partial charge in [-0.05, 0) is 28.1 Å². The Morgan fingerprint density at radius 1 is 1.18 bits per heavy atom. The average molecular weight is 290 g/mol. The summed E-state index contributed by atoms with van der Waals surface area (Å²) in [6.07, 6.45) is 5.24. The van der Waals surface area contributed by atoms with Crippen LogP contribution in [-0.2, 0) is 0 Å². The van der Waals surface area contributed by atoms with E-state index in [0.29, 0.717) is 0 Å². The Hall–Kier alpha value is -1.95. The minimum absolute atomic E-state index is 0.261. The lowest BCUT2D eigenvalue weighted by molar-refractivity contribution is 1.19. The third-order valence-electron chi connectivity index (χ3n) is 2.47. The third-order valence-corrected chi connectivity index (χ3v) is 3.13. The second-order valence-corrected chi connectivity index (χ2v) is 4.37. The number of H-pyrrole nitrogens is 1. The number of pyridine rings is 1. The van der Waals surface area contributed by atoms with E-state index < -0.39 is 0 Å². The van der Waals surface area contributed by atoms with E-state index in [-0.39, 0.29) is 5.95 Å². The van der Waals surface area contributed by atoms with Crippen LogP contribution in [0.5, 0.6) is 0 Å². The van der Waals surface area contributed by atoms with Crippen molar-refractivity contribution in [2.45, 2.75) is 0 Å². The number of aromatic nitrogens is 4. The Balaban J connectivity index is 2.31. The maximum Gasteiger partial charge on any atom is 0.220 e. The maximum atomic E-state index is 5.59. The number of nitrogens with zero attached hydrogens (tertiary/aromatic N) is 3. The summed E-state index contributed by atoms with van der Waals surface area (Å²) >= 11 is 3.51. The highest BCUT2D eigenvalue weighted by atomic mass is 79.9. The Morgan fingerprint density at radius 2 is 2.00 bits per heavy atom. The number of aromatic amines is 1. The summed E-state index contributed by atoms with van der Waals surface area (Å²) in [7, 11) is 0. The van der Waals surface area contributed by atoms with Gasteiger partial charge in [-0.15, -0.1) is 0 Å². The van der Waals surface area contributed by atoms with Crippen LogP contribution in [0.25, 0.3) is 22.3 Å². The molecule has 3 heterocycles. The van der Waals surface area contributed by atoms with Crippen molar-refractivity contribution >= 4 is 32.9 Å². The molecule has 0 radical (unpaired) electrons. The summed E-state index contributed by atoms with van der Waals surface area (Å²) in [5, 5.41) is 0.991. The monoisotopic (exact) mass is 289 g/mol. The summed E-state index contributed by atoms with van der Waals surface area (Å²) in [6.45, 7) is 0. The lowest BCUT2D eigenvalue weighted by atomic mass is 10.1. The van der Waals surface area contributed by atoms with Crippen molar-refractivity contribution in [1.82, 2.24) is 19.9 Å². The van der Waals surface area contributed by atoms with E-state index in [0.717, 1.165) is 26.8 Å². The van der Waals surface area contributed by atoms with Crippen LogP contribution in [0.2, 0.25) is 0 Å². The largest absolute Gasteiger partial charge is 0.368 e. The van der Waals surface area contributed by atoms with Gasteiger partial charge in [0.1, 0.15) is 5.65 Å². The van der Waals surface area contributed by atoms with Gasteiger partial charge >= 0.3 is 0 Å². The van der Waals surface area contributed by atoms with Gasteiger partial charge in [0.05, 0.1) is 5.69 Å². The number of nitrogen functional groups attached to an aromatic ring is 1. The second-order valence-electron chi connectivity index (χ2n) is 3.52. The highest BCUT2D eigenvalue weighted by molar-refractivity contribution is 9.10. The molecule has 0 amide bonds. The van der Waals surface area contributed by atoms with Gasteiger partial charge in [0, 0.05) is 34.0 Å². The van der Waals surface area contributed by atoms with Crippen molar-refractivity contribution < 1.29 is 0 Å². The van der Waals surface area contributed by atoms with Crippen molar-refractivity contribution in [1.29, 1.82) is 0 Å². The topological polar surface area (TPSA) is 80.5 Å². The van der Waals surface area contributed by atoms with E-state index in [4.69, 9.17) is 5.73 Å². The van der Waals surface area contributed by atoms with Crippen molar-refractivity contribution in [2.75, 3.05) is 5.73 Å². The molecule has 84 valence electrons. The average Bonchev–Trinajstić information content (AvgIpc) is 2.74. The molecule has 0 saturated carbocycles. The van der Waals surface area contributed by atoms with Gasteiger partial charge < -0.3 is 10.7 Å². The lowest BCUT2D eigenvalue weighted by Gasteiger charge is -2.00. The Morgan fingerprint density at radius 3 is 2.82 bits per heavy atom. The van der Waals surface area contributed by atoms with Crippen LogP contribution in [0.15, 0.2) is 35.2 Å². The van der Waals surface area contributed by atoms with Crippen molar-refractivity contribution in [3.63, 3.8) is 0 Å². The highest BCUT2D eigenvalue weighted by Crippen LogP contribution is 2.31. The molecule has 0 unspecified atom stereocenters. The quantitative estimate of drug-likeness (QED) is 0.721. The SMILES string of the molecule is Nc1nccc(-c2c[nH]c3nccc(Br)c23)n1. The van der Waals surface area contributed by atoms with Crippen LogP contribution in [-0.4, -0.2) is 19.9 Å². The number of nitrogens with two attached hydrogens (primary N) is 1. The zero-order valence-corrected chi connectivity index (χ0v) is 10.3. The summed E-state index contributed by atoms with van der Waals surface area (Å²) < 4.78 is 0.968. The summed E-state index contributed by atoms with van der Waals surface area (Å²) in [6, 6.07) is 3.71. The van der Waals surface area contributed by atoms with E-state index in [2.05, 4.69) is 35.9 Å². The predicted molar refractivity (Wildman–Crippen MR) is 69.2 cm³/mol. The van der Waals surface area contributed by atoms with E-state index in [1.54, 1.807) is 12.4 Å². The van der Waals surface area contributed by atoms with Crippen LogP contribution in [0.3, 0.4) is 0 Å². The van der Waals surface area contributed by atoms with Crippen LogP contribution in [0, 0.1) is 0 Å². The molecule has 0 aliphatic heterocycles. The van der Waals surface area contributed by atoms with Crippen molar-refractivity contribution in [3.05, 3.63) is 35.2 Å². The van der Waals surface area contributed by atoms with Gasteiger partial charge in [-0.1, -0.05) is 0 Å². The van der Waals surface area contributed by atoms with E-state index in [1.807, 2.05) is 18.3 Å². The number of nitrogens with one attached hydrogen (secondary N) is 1. The van der Waals surface area contributed by atoms with E-state index in [9.17, 15) is 0 Å². The molecule has 0 saturated heterocycles. The summed E-state index contributed by atoms with van der Waals surface area (Å²) in [4.78, 5) is 15.4. The molecular formula is C11H8BrN5. The van der Waals surface area contributed by atoms with Crippen molar-refractivity contribution in [3.8, 4) is 11.3 Å². The van der Waals surface area contributed by atoms with Gasteiger partial charge in [-0.2, -0.15) is 0 Å². The zero-order valence-electron chi connectivity index (χ0n) is 8.68. The Bertz CT molecular complexity index is 691. The molecule has 0 atom stereocenters. The van der Waals surface area contributed by atoms with Crippen LogP contribution in [0.1, 0.15) is 0 Å². The number of hydrogen-bond donors (Lipinski definition) is 2. The molecule has 0 bridgehead atoms. The molecule has 3 aromatic heterocycles. The first-order chi connectivity index (χ1) is 8.25. The number of rotatable bonds is 1. The first kappa shape index (κ1) is 10.2. The van der Waals surface area contributed by atoms with Crippen LogP contribution in [0.4, 0.5) is 5.95 Å². The molecule has 0 aliphatic rings. The van der Waals surface area contributed by atoms with Crippen LogP contribution < -0.4 is 5.73 Å². The minimum Gasteiger partial charge on any atom is -0.368 e. The normalized spacial score (nSPS) is 10.9. The molecule has 3 aromatic rings. The summed E-state index contributed by atoms with van der Waals surface area (Å²) in [5.41, 5.74) is 8.13. The van der Waals surface area contributed by atoms with Crippen molar-refractivity contribution in [2.24, 2.45) is 0 Å². The lowest BCUT2D eigenvalue weighted by Crippen LogP contribution is -1.94. The van der Waals surface area contributed by atoms with Gasteiger partial charge in [-0.3, -0.25) is 0 Å². The van der Waals surface area contributed by atoms with Gasteiger partial charge in [0.25, 0.3) is 0 Å². The standard InChI is InChI=1S/C11H8BrN5/c12-7-1-3-14-10-9(7)6(5-16-10)8-2-4-15-11(13)17-8/h1-5H,(H,14,16)(H2,13,15,17). The third kappa shape index (κ3) is 1.66. The fourth-order valence-electron chi connectivity index (χ4n) is 1.74. The molecule has 0 aromatic carbocycles. The first-order valence-corrected chi connectivity index (χ1v) is 5.75. The molecule has 0 fully saturated rings. The fourth-order valence-corrected chi connectivity index (χ4v) is 2.26. The maximum absolute atomic E-state index is 5.59. The summed E-state index contributed by atoms with van der Waals surface area (Å²) in [5.74, 6) is 0.261. The molecule has 6 heteroatoms. The predicted octanol–water partition coefficient (Wildman–Crippen LogP) is 2.36. The number of halogens is 1.